The van der Waals surface area contributed by atoms with Crippen molar-refractivity contribution in [2.45, 2.75) is 43.6 Å². The summed E-state index contributed by atoms with van der Waals surface area (Å²) in [6.45, 7) is 4.15. The van der Waals surface area contributed by atoms with E-state index in [1.54, 1.807) is 30.0 Å². The molecule has 1 aliphatic heterocycles. The van der Waals surface area contributed by atoms with Crippen molar-refractivity contribution in [3.05, 3.63) is 95.6 Å². The van der Waals surface area contributed by atoms with Crippen molar-refractivity contribution < 1.29 is 14.6 Å². The van der Waals surface area contributed by atoms with Gasteiger partial charge in [-0.1, -0.05) is 36.4 Å². The summed E-state index contributed by atoms with van der Waals surface area (Å²) in [5.41, 5.74) is 9.38. The summed E-state index contributed by atoms with van der Waals surface area (Å²) in [5.74, 6) is 1.83. The minimum Gasteiger partial charge on any atom is -0.507 e. The van der Waals surface area contributed by atoms with Crippen molar-refractivity contribution in [3.63, 3.8) is 0 Å². The summed E-state index contributed by atoms with van der Waals surface area (Å²) in [5, 5.41) is 25.4. The lowest BCUT2D eigenvalue weighted by Gasteiger charge is -2.37. The normalized spacial score (nSPS) is 16.2. The summed E-state index contributed by atoms with van der Waals surface area (Å²) in [7, 11) is 0. The summed E-state index contributed by atoms with van der Waals surface area (Å²) in [4.78, 5) is 13.5. The number of rotatable bonds is 8. The molecule has 41 heavy (non-hydrogen) atoms. The number of ether oxygens (including phenoxy) is 1. The minimum atomic E-state index is -0.281. The average molecular weight is 567 g/mol. The second-order valence-corrected chi connectivity index (χ2v) is 11.7. The fraction of sp³-hybridized carbons (Fsp3) is 0.212. The molecule has 5 rings (SSSR count). The first-order valence-corrected chi connectivity index (χ1v) is 14.5. The number of anilines is 2. The number of carbonyl (C=O) groups excluding carboxylic acids is 1. The molecule has 210 valence electrons. The van der Waals surface area contributed by atoms with Gasteiger partial charge in [-0.3, -0.25) is 10.2 Å². The van der Waals surface area contributed by atoms with Crippen LogP contribution in [0.15, 0.2) is 83.8 Å². The number of hydrogen-bond acceptors (Lipinski definition) is 5. The third kappa shape index (κ3) is 6.66. The van der Waals surface area contributed by atoms with Crippen LogP contribution in [0.2, 0.25) is 0 Å². The lowest BCUT2D eigenvalue weighted by molar-refractivity contribution is -0.111. The van der Waals surface area contributed by atoms with Crippen LogP contribution in [0.1, 0.15) is 36.5 Å². The van der Waals surface area contributed by atoms with E-state index in [2.05, 4.69) is 17.6 Å². The number of phenols is 1. The number of hydrogen-bond donors (Lipinski definition) is 5. The van der Waals surface area contributed by atoms with Crippen molar-refractivity contribution in [2.24, 2.45) is 5.73 Å². The van der Waals surface area contributed by atoms with E-state index in [1.165, 1.54) is 6.08 Å². The van der Waals surface area contributed by atoms with E-state index in [0.717, 1.165) is 68.8 Å². The Hall–Kier alpha value is -4.43. The Morgan fingerprint density at radius 2 is 1.71 bits per heavy atom. The van der Waals surface area contributed by atoms with Gasteiger partial charge >= 0.3 is 0 Å². The van der Waals surface area contributed by atoms with Gasteiger partial charge in [0.1, 0.15) is 17.1 Å². The quantitative estimate of drug-likeness (QED) is 0.0673. The predicted molar refractivity (Wildman–Crippen MR) is 169 cm³/mol. The Morgan fingerprint density at radius 3 is 2.41 bits per heavy atom. The monoisotopic (exact) mass is 566 g/mol. The van der Waals surface area contributed by atoms with E-state index < -0.39 is 0 Å². The van der Waals surface area contributed by atoms with Crippen LogP contribution in [0.25, 0.3) is 16.8 Å². The van der Waals surface area contributed by atoms with Crippen LogP contribution in [0.4, 0.5) is 11.4 Å². The van der Waals surface area contributed by atoms with Gasteiger partial charge in [0.15, 0.2) is 5.96 Å². The molecule has 8 heteroatoms. The van der Waals surface area contributed by atoms with E-state index in [-0.39, 0.29) is 17.5 Å². The van der Waals surface area contributed by atoms with Gasteiger partial charge in [0, 0.05) is 44.4 Å². The molecule has 1 aliphatic rings. The smallest absolute Gasteiger partial charge is 0.248 e. The zero-order chi connectivity index (χ0) is 29.0. The minimum absolute atomic E-state index is 0.123. The second-order valence-electron chi connectivity index (χ2n) is 10.5. The summed E-state index contributed by atoms with van der Waals surface area (Å²) in [6, 6.07) is 23.0. The average Bonchev–Trinajstić information content (AvgIpc) is 2.96. The lowest BCUT2D eigenvalue weighted by atomic mass is 9.86. The molecule has 0 aromatic heterocycles. The Bertz CT molecular complexity index is 1620. The first-order chi connectivity index (χ1) is 19.7. The fourth-order valence-corrected chi connectivity index (χ4v) is 6.15. The van der Waals surface area contributed by atoms with E-state index in [1.807, 2.05) is 67.6 Å². The Balaban J connectivity index is 1.13. The fourth-order valence-electron chi connectivity index (χ4n) is 5.05. The zero-order valence-corrected chi connectivity index (χ0v) is 24.0. The maximum Gasteiger partial charge on any atom is 0.248 e. The Morgan fingerprint density at radius 1 is 1.05 bits per heavy atom. The zero-order valence-electron chi connectivity index (χ0n) is 23.2. The summed E-state index contributed by atoms with van der Waals surface area (Å²) >= 11 is 1.77. The maximum absolute atomic E-state index is 12.4. The van der Waals surface area contributed by atoms with Crippen molar-refractivity contribution in [1.29, 1.82) is 5.41 Å². The molecule has 4 aromatic carbocycles. The number of carbonyl (C=O) groups is 1. The molecule has 0 spiro atoms. The molecule has 6 N–H and O–H groups in total. The topological polar surface area (TPSA) is 120 Å². The van der Waals surface area contributed by atoms with Gasteiger partial charge in [-0.05, 0) is 86.7 Å². The number of benzene rings is 4. The highest BCUT2D eigenvalue weighted by Gasteiger charge is 2.34. The maximum atomic E-state index is 12.4. The first-order valence-electron chi connectivity index (χ1n) is 13.6. The highest BCUT2D eigenvalue weighted by atomic mass is 32.2. The van der Waals surface area contributed by atoms with E-state index >= 15 is 0 Å². The molecule has 7 nitrogen and oxygen atoms in total. The Kier molecular flexibility index (Phi) is 8.21. The van der Waals surface area contributed by atoms with Crippen LogP contribution in [0.5, 0.6) is 11.5 Å². The SMILES string of the molecule is Cc1c2c(c3ccccc3c1O)OC(C)(CCSc1ccc(NC(=O)C=Cc3ccc(NC(=N)N)cc3)cc1)CC2. The van der Waals surface area contributed by atoms with Gasteiger partial charge < -0.3 is 26.2 Å². The first kappa shape index (κ1) is 28.1. The number of amides is 1. The molecule has 0 saturated carbocycles. The van der Waals surface area contributed by atoms with Gasteiger partial charge in [0.25, 0.3) is 0 Å². The molecule has 1 atom stereocenters. The van der Waals surface area contributed by atoms with Crippen molar-refractivity contribution in [1.82, 2.24) is 0 Å². The van der Waals surface area contributed by atoms with E-state index in [0.29, 0.717) is 11.4 Å². The predicted octanol–water partition coefficient (Wildman–Crippen LogP) is 7.08. The van der Waals surface area contributed by atoms with Crippen LogP contribution in [-0.4, -0.2) is 28.3 Å². The number of nitrogens with one attached hydrogen (secondary N) is 3. The number of phenolic OH excluding ortho intramolecular Hbond substituents is 1. The number of guanidine groups is 1. The molecule has 0 radical (unpaired) electrons. The third-order valence-corrected chi connectivity index (χ3v) is 8.41. The molecule has 1 unspecified atom stereocenters. The number of fused-ring (bicyclic) bond motifs is 3. The molecular formula is C33H34N4O3S. The summed E-state index contributed by atoms with van der Waals surface area (Å²) < 4.78 is 6.65. The standard InChI is InChI=1S/C33H34N4O3S/c1-21-26-17-18-33(2,40-31(26)28-6-4-3-5-27(28)30(21)39)19-20-41-25-14-12-23(13-15-25)36-29(38)16-9-22-7-10-24(11-8-22)37-32(34)35/h3-16,39H,17-20H2,1-2H3,(H,36,38)(H4,34,35,37). The van der Waals surface area contributed by atoms with Gasteiger partial charge in [-0.15, -0.1) is 11.8 Å². The van der Waals surface area contributed by atoms with E-state index in [9.17, 15) is 9.90 Å². The lowest BCUT2D eigenvalue weighted by Crippen LogP contribution is -2.37. The molecular weight excluding hydrogens is 532 g/mol. The van der Waals surface area contributed by atoms with Crippen molar-refractivity contribution in [3.8, 4) is 11.5 Å². The van der Waals surface area contributed by atoms with Crippen LogP contribution in [0, 0.1) is 12.3 Å². The van der Waals surface area contributed by atoms with Crippen molar-refractivity contribution in [2.75, 3.05) is 16.4 Å². The van der Waals surface area contributed by atoms with Crippen LogP contribution in [0.3, 0.4) is 0 Å². The van der Waals surface area contributed by atoms with E-state index in [4.69, 9.17) is 15.9 Å². The molecule has 1 heterocycles. The molecule has 1 amide bonds. The van der Waals surface area contributed by atoms with Crippen LogP contribution >= 0.6 is 11.8 Å². The number of nitrogens with two attached hydrogens (primary N) is 1. The third-order valence-electron chi connectivity index (χ3n) is 7.40. The molecule has 0 bridgehead atoms. The van der Waals surface area contributed by atoms with Crippen LogP contribution in [-0.2, 0) is 11.2 Å². The molecule has 0 saturated heterocycles. The van der Waals surface area contributed by atoms with Crippen LogP contribution < -0.4 is 21.1 Å². The van der Waals surface area contributed by atoms with Gasteiger partial charge in [-0.25, -0.2) is 0 Å². The van der Waals surface area contributed by atoms with Gasteiger partial charge in [-0.2, -0.15) is 0 Å². The molecule has 0 aliphatic carbocycles. The number of aromatic hydroxyl groups is 1. The summed E-state index contributed by atoms with van der Waals surface area (Å²) in [6.07, 6.45) is 5.89. The second kappa shape index (κ2) is 12.0. The number of thioether (sulfide) groups is 1. The highest BCUT2D eigenvalue weighted by molar-refractivity contribution is 7.99. The largest absolute Gasteiger partial charge is 0.507 e. The van der Waals surface area contributed by atoms with Gasteiger partial charge in [0.2, 0.25) is 5.91 Å². The molecule has 0 fully saturated rings. The van der Waals surface area contributed by atoms with Gasteiger partial charge in [0.05, 0.1) is 0 Å². The Labute approximate surface area is 244 Å². The van der Waals surface area contributed by atoms with Crippen molar-refractivity contribution >= 4 is 51.9 Å². The highest BCUT2D eigenvalue weighted by Crippen LogP contribution is 2.46. The molecule has 4 aromatic rings.